The number of anilines is 2. The number of hydroxylamine groups is 2. The van der Waals surface area contributed by atoms with Gasteiger partial charge in [-0.1, -0.05) is 34.1 Å². The van der Waals surface area contributed by atoms with Crippen LogP contribution in [0.2, 0.25) is 0 Å². The fourth-order valence-corrected chi connectivity index (χ4v) is 3.34. The second-order valence-corrected chi connectivity index (χ2v) is 7.70. The summed E-state index contributed by atoms with van der Waals surface area (Å²) in [6.45, 7) is 0. The molecular weight excluding hydrogens is 455 g/mol. The van der Waals surface area contributed by atoms with Gasteiger partial charge in [-0.05, 0) is 43.2 Å². The van der Waals surface area contributed by atoms with Crippen molar-refractivity contribution in [3.05, 3.63) is 80.9 Å². The predicted molar refractivity (Wildman–Crippen MR) is 113 cm³/mol. The molecule has 154 valence electrons. The van der Waals surface area contributed by atoms with E-state index in [9.17, 15) is 14.0 Å². The number of rotatable bonds is 6. The van der Waals surface area contributed by atoms with Gasteiger partial charge < -0.3 is 5.32 Å². The number of aromatic nitrogens is 2. The maximum Gasteiger partial charge on any atom is 0.300 e. The van der Waals surface area contributed by atoms with Crippen LogP contribution in [0.5, 0.6) is 0 Å². The van der Waals surface area contributed by atoms with Crippen LogP contribution < -0.4 is 10.9 Å². The number of para-hydroxylation sites is 1. The number of nitrogens with zero attached hydrogens (tertiary/aromatic N) is 3. The lowest BCUT2D eigenvalue weighted by Crippen LogP contribution is -2.35. The summed E-state index contributed by atoms with van der Waals surface area (Å²) < 4.78 is 16.1. The fraction of sp³-hybridized carbons (Fsp3) is 0.190. The normalized spacial score (nSPS) is 13.2. The van der Waals surface area contributed by atoms with Crippen molar-refractivity contribution in [2.45, 2.75) is 18.9 Å². The van der Waals surface area contributed by atoms with E-state index in [2.05, 4.69) is 26.3 Å². The molecule has 3 aromatic rings. The Morgan fingerprint density at radius 3 is 2.57 bits per heavy atom. The van der Waals surface area contributed by atoms with E-state index in [-0.39, 0.29) is 23.1 Å². The second kappa shape index (κ2) is 8.37. The van der Waals surface area contributed by atoms with Crippen LogP contribution in [0.4, 0.5) is 15.8 Å². The molecule has 1 saturated carbocycles. The number of amides is 1. The van der Waals surface area contributed by atoms with Crippen LogP contribution in [0.1, 0.15) is 23.3 Å². The third-order valence-electron chi connectivity index (χ3n) is 4.61. The number of hydrogen-bond acceptors (Lipinski definition) is 5. The number of hydrogen-bond donors (Lipinski definition) is 1. The topological polar surface area (TPSA) is 76.5 Å². The summed E-state index contributed by atoms with van der Waals surface area (Å²) >= 11 is 3.21. The lowest BCUT2D eigenvalue weighted by atomic mass is 10.2. The van der Waals surface area contributed by atoms with Crippen molar-refractivity contribution in [1.29, 1.82) is 0 Å². The van der Waals surface area contributed by atoms with Crippen LogP contribution >= 0.6 is 15.9 Å². The molecule has 1 N–H and O–H groups in total. The van der Waals surface area contributed by atoms with Gasteiger partial charge in [0.25, 0.3) is 11.5 Å². The average Bonchev–Trinajstić information content (AvgIpc) is 3.56. The van der Waals surface area contributed by atoms with E-state index in [1.165, 1.54) is 30.4 Å². The van der Waals surface area contributed by atoms with Gasteiger partial charge in [-0.25, -0.2) is 9.45 Å². The van der Waals surface area contributed by atoms with Gasteiger partial charge in [0.1, 0.15) is 5.82 Å². The SMILES string of the molecule is CON(C(=O)c1nn(-c2ccccc2)c(=O)cc1Nc1ccc(Br)cc1F)C1CC1. The zero-order valence-electron chi connectivity index (χ0n) is 16.0. The van der Waals surface area contributed by atoms with Crippen molar-refractivity contribution in [1.82, 2.24) is 14.8 Å². The first kappa shape index (κ1) is 20.2. The summed E-state index contributed by atoms with van der Waals surface area (Å²) in [4.78, 5) is 31.2. The van der Waals surface area contributed by atoms with E-state index < -0.39 is 17.3 Å². The Kier molecular flexibility index (Phi) is 5.65. The lowest BCUT2D eigenvalue weighted by molar-refractivity contribution is -0.102. The monoisotopic (exact) mass is 472 g/mol. The van der Waals surface area contributed by atoms with Crippen LogP contribution in [0, 0.1) is 5.82 Å². The molecular formula is C21H18BrFN4O3. The molecule has 1 amide bonds. The minimum absolute atomic E-state index is 0.0429. The number of carbonyl (C=O) groups is 1. The van der Waals surface area contributed by atoms with Crippen molar-refractivity contribution in [2.24, 2.45) is 0 Å². The summed E-state index contributed by atoms with van der Waals surface area (Å²) in [5.74, 6) is -1.05. The summed E-state index contributed by atoms with van der Waals surface area (Å²) in [6, 6.07) is 14.4. The number of nitrogens with one attached hydrogen (secondary N) is 1. The number of benzene rings is 2. The Balaban J connectivity index is 1.82. The van der Waals surface area contributed by atoms with Gasteiger partial charge in [0.2, 0.25) is 0 Å². The summed E-state index contributed by atoms with van der Waals surface area (Å²) in [5.41, 5.74) is 0.207. The molecule has 0 saturated heterocycles. The molecule has 4 rings (SSSR count). The standard InChI is InChI=1S/C21H18BrFN4O3/c1-30-27(15-8-9-15)21(29)20-18(24-17-10-7-13(22)11-16(17)23)12-19(28)26(25-20)14-5-3-2-4-6-14/h2-7,10-12,15,24H,8-9H2,1H3. The molecule has 1 heterocycles. The highest BCUT2D eigenvalue weighted by Gasteiger charge is 2.36. The molecule has 1 aliphatic carbocycles. The van der Waals surface area contributed by atoms with Crippen LogP contribution in [0.25, 0.3) is 5.69 Å². The molecule has 0 bridgehead atoms. The van der Waals surface area contributed by atoms with Crippen molar-refractivity contribution < 1.29 is 14.0 Å². The number of halogens is 2. The molecule has 30 heavy (non-hydrogen) atoms. The third kappa shape index (κ3) is 4.12. The van der Waals surface area contributed by atoms with Gasteiger partial charge in [-0.2, -0.15) is 9.78 Å². The number of carbonyl (C=O) groups excluding carboxylic acids is 1. The first-order chi connectivity index (χ1) is 14.5. The van der Waals surface area contributed by atoms with Gasteiger partial charge >= 0.3 is 0 Å². The molecule has 1 aromatic heterocycles. The smallest absolute Gasteiger partial charge is 0.300 e. The maximum absolute atomic E-state index is 14.4. The van der Waals surface area contributed by atoms with Crippen LogP contribution in [0.3, 0.4) is 0 Å². The zero-order valence-corrected chi connectivity index (χ0v) is 17.6. The summed E-state index contributed by atoms with van der Waals surface area (Å²) in [7, 11) is 1.41. The van der Waals surface area contributed by atoms with Crippen molar-refractivity contribution in [3.8, 4) is 5.69 Å². The van der Waals surface area contributed by atoms with Gasteiger partial charge in [0.05, 0.1) is 30.2 Å². The van der Waals surface area contributed by atoms with Gasteiger partial charge in [-0.15, -0.1) is 0 Å². The Bertz CT molecular complexity index is 1150. The van der Waals surface area contributed by atoms with Gasteiger partial charge in [-0.3, -0.25) is 14.4 Å². The third-order valence-corrected chi connectivity index (χ3v) is 5.10. The van der Waals surface area contributed by atoms with E-state index in [1.807, 2.05) is 6.07 Å². The molecule has 7 nitrogen and oxygen atoms in total. The first-order valence-corrected chi connectivity index (χ1v) is 10.1. The van der Waals surface area contributed by atoms with Crippen LogP contribution in [-0.4, -0.2) is 33.9 Å². The highest BCUT2D eigenvalue weighted by atomic mass is 79.9. The highest BCUT2D eigenvalue weighted by Crippen LogP contribution is 2.30. The Labute approximate surface area is 180 Å². The minimum Gasteiger partial charge on any atom is -0.351 e. The Morgan fingerprint density at radius 2 is 1.93 bits per heavy atom. The van der Waals surface area contributed by atoms with E-state index in [0.717, 1.165) is 17.5 Å². The van der Waals surface area contributed by atoms with Crippen molar-refractivity contribution >= 4 is 33.2 Å². The minimum atomic E-state index is -0.541. The molecule has 0 aliphatic heterocycles. The second-order valence-electron chi connectivity index (χ2n) is 6.79. The Morgan fingerprint density at radius 1 is 1.20 bits per heavy atom. The molecule has 0 radical (unpaired) electrons. The Hall–Kier alpha value is -3.04. The van der Waals surface area contributed by atoms with Crippen LogP contribution in [-0.2, 0) is 4.84 Å². The first-order valence-electron chi connectivity index (χ1n) is 9.27. The molecule has 0 unspecified atom stereocenters. The van der Waals surface area contributed by atoms with Crippen molar-refractivity contribution in [3.63, 3.8) is 0 Å². The van der Waals surface area contributed by atoms with Gasteiger partial charge in [0.15, 0.2) is 5.69 Å². The van der Waals surface area contributed by atoms with Crippen molar-refractivity contribution in [2.75, 3.05) is 12.4 Å². The molecule has 0 atom stereocenters. The predicted octanol–water partition coefficient (Wildman–Crippen LogP) is 4.04. The molecule has 9 heteroatoms. The summed E-state index contributed by atoms with van der Waals surface area (Å²) in [6.07, 6.45) is 1.64. The fourth-order valence-electron chi connectivity index (χ4n) is 3.01. The van der Waals surface area contributed by atoms with E-state index >= 15 is 0 Å². The lowest BCUT2D eigenvalue weighted by Gasteiger charge is -2.21. The molecule has 2 aromatic carbocycles. The van der Waals surface area contributed by atoms with E-state index in [1.54, 1.807) is 30.3 Å². The van der Waals surface area contributed by atoms with E-state index in [0.29, 0.717) is 10.2 Å². The van der Waals surface area contributed by atoms with Crippen LogP contribution in [0.15, 0.2) is 63.9 Å². The highest BCUT2D eigenvalue weighted by molar-refractivity contribution is 9.10. The van der Waals surface area contributed by atoms with E-state index in [4.69, 9.17) is 4.84 Å². The zero-order chi connectivity index (χ0) is 21.3. The average molecular weight is 473 g/mol. The molecule has 0 spiro atoms. The maximum atomic E-state index is 14.4. The summed E-state index contributed by atoms with van der Waals surface area (Å²) in [5, 5.41) is 8.38. The quantitative estimate of drug-likeness (QED) is 0.547. The largest absolute Gasteiger partial charge is 0.351 e. The molecule has 1 aliphatic rings. The van der Waals surface area contributed by atoms with Gasteiger partial charge in [0, 0.05) is 10.5 Å². The molecule has 1 fully saturated rings.